The molecule has 17 heavy (non-hydrogen) atoms. The van der Waals surface area contributed by atoms with E-state index in [9.17, 15) is 4.79 Å². The Balaban J connectivity index is 2.62. The second-order valence-corrected chi connectivity index (χ2v) is 3.40. The van der Waals surface area contributed by atoms with Gasteiger partial charge in [-0.2, -0.15) is 0 Å². The molecule has 0 amide bonds. The number of esters is 1. The number of benzene rings is 1. The first kappa shape index (κ1) is 13.5. The summed E-state index contributed by atoms with van der Waals surface area (Å²) in [5.74, 6) is 0.0312. The third-order valence-electron chi connectivity index (χ3n) is 2.00. The van der Waals surface area contributed by atoms with Crippen molar-refractivity contribution in [2.75, 3.05) is 19.8 Å². The summed E-state index contributed by atoms with van der Waals surface area (Å²) < 4.78 is 10.1. The van der Waals surface area contributed by atoms with E-state index in [0.29, 0.717) is 17.9 Å². The minimum atomic E-state index is -0.929. The molecule has 5 heteroatoms. The van der Waals surface area contributed by atoms with Crippen LogP contribution in [-0.4, -0.2) is 42.1 Å². The van der Waals surface area contributed by atoms with E-state index < -0.39 is 12.1 Å². The smallest absolute Gasteiger partial charge is 0.338 e. The van der Waals surface area contributed by atoms with Crippen LogP contribution >= 0.6 is 0 Å². The zero-order valence-corrected chi connectivity index (χ0v) is 9.63. The minimum Gasteiger partial charge on any atom is -0.491 e. The summed E-state index contributed by atoms with van der Waals surface area (Å²) in [5.41, 5.74) is 0.392. The van der Waals surface area contributed by atoms with Crippen LogP contribution in [0, 0.1) is 0 Å². The van der Waals surface area contributed by atoms with Gasteiger partial charge in [-0.1, -0.05) is 6.07 Å². The van der Waals surface area contributed by atoms with Crippen molar-refractivity contribution in [2.24, 2.45) is 0 Å². The Morgan fingerprint density at radius 2 is 2.24 bits per heavy atom. The molecule has 0 bridgehead atoms. The molecule has 0 fully saturated rings. The lowest BCUT2D eigenvalue weighted by molar-refractivity contribution is 0.0515. The van der Waals surface area contributed by atoms with Gasteiger partial charge in [0.05, 0.1) is 18.8 Å². The van der Waals surface area contributed by atoms with Crippen molar-refractivity contribution in [2.45, 2.75) is 13.0 Å². The fourth-order valence-corrected chi connectivity index (χ4v) is 1.17. The van der Waals surface area contributed by atoms with E-state index >= 15 is 0 Å². The van der Waals surface area contributed by atoms with Crippen molar-refractivity contribution in [1.29, 1.82) is 0 Å². The van der Waals surface area contributed by atoms with Crippen molar-refractivity contribution >= 4 is 5.97 Å². The predicted molar refractivity (Wildman–Crippen MR) is 61.0 cm³/mol. The quantitative estimate of drug-likeness (QED) is 0.712. The van der Waals surface area contributed by atoms with Crippen LogP contribution < -0.4 is 4.74 Å². The summed E-state index contributed by atoms with van der Waals surface area (Å²) in [4.78, 5) is 11.4. The Kier molecular flexibility index (Phi) is 5.45. The first-order valence-electron chi connectivity index (χ1n) is 5.36. The van der Waals surface area contributed by atoms with E-state index in [1.54, 1.807) is 25.1 Å². The summed E-state index contributed by atoms with van der Waals surface area (Å²) in [6, 6.07) is 6.47. The molecule has 0 aliphatic carbocycles. The van der Waals surface area contributed by atoms with E-state index in [-0.39, 0.29) is 13.2 Å². The monoisotopic (exact) mass is 240 g/mol. The molecule has 0 heterocycles. The molecule has 0 aliphatic rings. The minimum absolute atomic E-state index is 0.0250. The highest BCUT2D eigenvalue weighted by Crippen LogP contribution is 2.14. The Morgan fingerprint density at radius 1 is 1.47 bits per heavy atom. The lowest BCUT2D eigenvalue weighted by Crippen LogP contribution is -2.21. The molecule has 1 unspecified atom stereocenters. The molecule has 0 aromatic heterocycles. The van der Waals surface area contributed by atoms with Crippen LogP contribution in [-0.2, 0) is 4.74 Å². The molecule has 1 atom stereocenters. The van der Waals surface area contributed by atoms with Gasteiger partial charge in [0, 0.05) is 0 Å². The van der Waals surface area contributed by atoms with E-state index in [4.69, 9.17) is 19.7 Å². The second kappa shape index (κ2) is 6.88. The van der Waals surface area contributed by atoms with Crippen molar-refractivity contribution in [3.8, 4) is 5.75 Å². The number of aliphatic hydroxyl groups excluding tert-OH is 2. The molecule has 0 aliphatic heterocycles. The molecule has 1 rings (SSSR count). The maximum absolute atomic E-state index is 11.4. The van der Waals surface area contributed by atoms with Gasteiger partial charge in [-0.05, 0) is 25.1 Å². The maximum atomic E-state index is 11.4. The highest BCUT2D eigenvalue weighted by atomic mass is 16.5. The molecular weight excluding hydrogens is 224 g/mol. The summed E-state index contributed by atoms with van der Waals surface area (Å²) >= 11 is 0. The van der Waals surface area contributed by atoms with Gasteiger partial charge in [0.1, 0.15) is 18.5 Å². The van der Waals surface area contributed by atoms with Gasteiger partial charge in [0.2, 0.25) is 0 Å². The molecule has 0 radical (unpaired) electrons. The first-order chi connectivity index (χ1) is 8.17. The molecule has 0 saturated heterocycles. The van der Waals surface area contributed by atoms with Crippen molar-refractivity contribution in [3.05, 3.63) is 29.8 Å². The van der Waals surface area contributed by atoms with Gasteiger partial charge in [-0.25, -0.2) is 4.79 Å². The standard InChI is InChI=1S/C12H16O5/c1-2-16-12(15)9-4-3-5-11(6-9)17-8-10(14)7-13/h3-6,10,13-14H,2,7-8H2,1H3. The highest BCUT2D eigenvalue weighted by molar-refractivity contribution is 5.89. The summed E-state index contributed by atoms with van der Waals surface area (Å²) in [5, 5.41) is 17.7. The number of carbonyl (C=O) groups is 1. The molecule has 5 nitrogen and oxygen atoms in total. The first-order valence-corrected chi connectivity index (χ1v) is 5.36. The summed E-state index contributed by atoms with van der Waals surface area (Å²) in [6.45, 7) is 1.66. The SMILES string of the molecule is CCOC(=O)c1cccc(OCC(O)CO)c1. The molecule has 94 valence electrons. The predicted octanol–water partition coefficient (Wildman–Crippen LogP) is 0.595. The topological polar surface area (TPSA) is 76.0 Å². The van der Waals surface area contributed by atoms with Crippen LogP contribution in [0.15, 0.2) is 24.3 Å². The van der Waals surface area contributed by atoms with Crippen molar-refractivity contribution in [1.82, 2.24) is 0 Å². The Morgan fingerprint density at radius 3 is 2.88 bits per heavy atom. The normalized spacial score (nSPS) is 11.9. The highest BCUT2D eigenvalue weighted by Gasteiger charge is 2.08. The van der Waals surface area contributed by atoms with Crippen LogP contribution in [0.25, 0.3) is 0 Å². The third-order valence-corrected chi connectivity index (χ3v) is 2.00. The summed E-state index contributed by atoms with van der Waals surface area (Å²) in [7, 11) is 0. The van der Waals surface area contributed by atoms with Crippen LogP contribution in [0.5, 0.6) is 5.75 Å². The lowest BCUT2D eigenvalue weighted by Gasteiger charge is -2.10. The number of rotatable bonds is 6. The Bertz CT molecular complexity index is 364. The molecule has 0 spiro atoms. The van der Waals surface area contributed by atoms with Gasteiger partial charge >= 0.3 is 5.97 Å². The number of carbonyl (C=O) groups excluding carboxylic acids is 1. The van der Waals surface area contributed by atoms with Gasteiger partial charge < -0.3 is 19.7 Å². The molecular formula is C12H16O5. The molecule has 0 saturated carbocycles. The average Bonchev–Trinajstić information content (AvgIpc) is 2.36. The zero-order valence-electron chi connectivity index (χ0n) is 9.63. The Labute approximate surface area is 99.6 Å². The van der Waals surface area contributed by atoms with E-state index in [1.165, 1.54) is 6.07 Å². The van der Waals surface area contributed by atoms with Crippen LogP contribution in [0.4, 0.5) is 0 Å². The average molecular weight is 240 g/mol. The van der Waals surface area contributed by atoms with Crippen molar-refractivity contribution < 1.29 is 24.5 Å². The summed E-state index contributed by atoms with van der Waals surface area (Å²) in [6.07, 6.45) is -0.929. The lowest BCUT2D eigenvalue weighted by atomic mass is 10.2. The van der Waals surface area contributed by atoms with Crippen LogP contribution in [0.1, 0.15) is 17.3 Å². The largest absolute Gasteiger partial charge is 0.491 e. The fourth-order valence-electron chi connectivity index (χ4n) is 1.17. The van der Waals surface area contributed by atoms with Crippen molar-refractivity contribution in [3.63, 3.8) is 0 Å². The van der Waals surface area contributed by atoms with Gasteiger partial charge in [-0.3, -0.25) is 0 Å². The van der Waals surface area contributed by atoms with Gasteiger partial charge in [-0.15, -0.1) is 0 Å². The van der Waals surface area contributed by atoms with Crippen LogP contribution in [0.3, 0.4) is 0 Å². The number of aliphatic hydroxyl groups is 2. The van der Waals surface area contributed by atoms with E-state index in [1.807, 2.05) is 0 Å². The second-order valence-electron chi connectivity index (χ2n) is 3.40. The molecule has 1 aromatic rings. The Hall–Kier alpha value is -1.59. The fraction of sp³-hybridized carbons (Fsp3) is 0.417. The van der Waals surface area contributed by atoms with Gasteiger partial charge in [0.15, 0.2) is 0 Å². The maximum Gasteiger partial charge on any atom is 0.338 e. The number of hydrogen-bond donors (Lipinski definition) is 2. The van der Waals surface area contributed by atoms with E-state index in [0.717, 1.165) is 0 Å². The number of hydrogen-bond acceptors (Lipinski definition) is 5. The van der Waals surface area contributed by atoms with Gasteiger partial charge in [0.25, 0.3) is 0 Å². The number of ether oxygens (including phenoxy) is 2. The van der Waals surface area contributed by atoms with Crippen LogP contribution in [0.2, 0.25) is 0 Å². The van der Waals surface area contributed by atoms with E-state index in [2.05, 4.69) is 0 Å². The molecule has 1 aromatic carbocycles. The third kappa shape index (κ3) is 4.42. The molecule has 2 N–H and O–H groups in total. The zero-order chi connectivity index (χ0) is 12.7.